The van der Waals surface area contributed by atoms with Crippen molar-refractivity contribution in [3.8, 4) is 5.75 Å². The second-order valence-electron chi connectivity index (χ2n) is 14.0. The molecule has 3 N–H and O–H groups in total. The molecule has 0 aliphatic heterocycles. The van der Waals surface area contributed by atoms with Crippen LogP contribution in [0.15, 0.2) is 78.9 Å². The van der Waals surface area contributed by atoms with Crippen molar-refractivity contribution in [1.29, 1.82) is 0 Å². The first-order chi connectivity index (χ1) is 23.0. The van der Waals surface area contributed by atoms with Crippen molar-refractivity contribution in [2.24, 2.45) is 0 Å². The predicted octanol–water partition coefficient (Wildman–Crippen LogP) is 6.05. The predicted molar refractivity (Wildman–Crippen MR) is 189 cm³/mol. The number of ether oxygens (including phenoxy) is 2. The average molecular weight is 674 g/mol. The number of hydrogen-bond donors (Lipinski definition) is 3. The number of nitrogens with zero attached hydrogens (tertiary/aromatic N) is 1. The molecule has 264 valence electrons. The molecule has 10 nitrogen and oxygen atoms in total. The summed E-state index contributed by atoms with van der Waals surface area (Å²) >= 11 is 0. The summed E-state index contributed by atoms with van der Waals surface area (Å²) in [5.74, 6) is -1.65. The zero-order valence-electron chi connectivity index (χ0n) is 29.9. The largest absolute Gasteiger partial charge is 0.508 e. The van der Waals surface area contributed by atoms with Gasteiger partial charge in [0.15, 0.2) is 0 Å². The van der Waals surface area contributed by atoms with E-state index in [0.717, 1.165) is 17.5 Å². The monoisotopic (exact) mass is 673 g/mol. The number of aromatic hydroxyl groups is 1. The quantitative estimate of drug-likeness (QED) is 0.188. The maximum atomic E-state index is 14.5. The molecule has 0 saturated heterocycles. The van der Waals surface area contributed by atoms with Crippen LogP contribution in [-0.2, 0) is 43.1 Å². The maximum Gasteiger partial charge on any atom is 0.408 e. The van der Waals surface area contributed by atoms with Gasteiger partial charge in [0.1, 0.15) is 35.1 Å². The third kappa shape index (κ3) is 12.3. The van der Waals surface area contributed by atoms with E-state index in [1.54, 1.807) is 72.7 Å². The van der Waals surface area contributed by atoms with E-state index in [2.05, 4.69) is 10.6 Å². The van der Waals surface area contributed by atoms with Crippen LogP contribution >= 0.6 is 0 Å². The zero-order chi connectivity index (χ0) is 36.4. The highest BCUT2D eigenvalue weighted by molar-refractivity contribution is 5.94. The van der Waals surface area contributed by atoms with Crippen molar-refractivity contribution >= 4 is 23.9 Å². The van der Waals surface area contributed by atoms with E-state index in [9.17, 15) is 24.3 Å². The molecular formula is C39H51N3O7. The highest BCUT2D eigenvalue weighted by Crippen LogP contribution is 2.25. The minimum atomic E-state index is -1.16. The van der Waals surface area contributed by atoms with Crippen LogP contribution < -0.4 is 10.6 Å². The molecule has 10 heteroatoms. The third-order valence-corrected chi connectivity index (χ3v) is 7.54. The highest BCUT2D eigenvalue weighted by atomic mass is 16.6. The van der Waals surface area contributed by atoms with Crippen LogP contribution in [0.3, 0.4) is 0 Å². The number of hydrogen-bond acceptors (Lipinski definition) is 7. The van der Waals surface area contributed by atoms with Crippen molar-refractivity contribution in [3.63, 3.8) is 0 Å². The van der Waals surface area contributed by atoms with Crippen molar-refractivity contribution in [1.82, 2.24) is 15.5 Å². The Kier molecular flexibility index (Phi) is 13.4. The summed E-state index contributed by atoms with van der Waals surface area (Å²) in [6.45, 7) is 14.3. The van der Waals surface area contributed by atoms with Gasteiger partial charge in [-0.25, -0.2) is 9.59 Å². The van der Waals surface area contributed by atoms with E-state index in [4.69, 9.17) is 9.47 Å². The number of phenolic OH excluding ortho intramolecular Hbond substituents is 1. The first-order valence-corrected chi connectivity index (χ1v) is 16.7. The van der Waals surface area contributed by atoms with Gasteiger partial charge in [0.25, 0.3) is 0 Å². The Morgan fingerprint density at radius 1 is 0.694 bits per heavy atom. The van der Waals surface area contributed by atoms with Crippen LogP contribution in [0.5, 0.6) is 5.75 Å². The van der Waals surface area contributed by atoms with Crippen LogP contribution in [0.4, 0.5) is 4.79 Å². The lowest BCUT2D eigenvalue weighted by atomic mass is 9.98. The summed E-state index contributed by atoms with van der Waals surface area (Å²) in [6.07, 6.45) is 0.223. The molecule has 0 heterocycles. The standard InChI is InChI=1S/C39H51N3O7/c1-9-26-16-20-29(21-17-26)33(34(44)40-32(36(46)48-38(3,4)5)25-27-14-12-11-13-15-27)42(10-2)35(45)31(41-37(47)49-39(6,7)8)24-28-18-22-30(43)23-19-28/h11-23,31-33,43H,9-10,24-25H2,1-8H3,(H,40,44)(H,41,47). The minimum absolute atomic E-state index is 0.0595. The molecule has 3 unspecified atom stereocenters. The van der Waals surface area contributed by atoms with Crippen LogP contribution in [0.25, 0.3) is 0 Å². The van der Waals surface area contributed by atoms with Gasteiger partial charge in [0.05, 0.1) is 0 Å². The molecule has 49 heavy (non-hydrogen) atoms. The zero-order valence-corrected chi connectivity index (χ0v) is 29.9. The molecule has 0 fully saturated rings. The lowest BCUT2D eigenvalue weighted by Crippen LogP contribution is -2.55. The lowest BCUT2D eigenvalue weighted by molar-refractivity contribution is -0.159. The van der Waals surface area contributed by atoms with Crippen molar-refractivity contribution < 1.29 is 33.8 Å². The number of rotatable bonds is 13. The van der Waals surface area contributed by atoms with Gasteiger partial charge >= 0.3 is 12.1 Å². The van der Waals surface area contributed by atoms with Gasteiger partial charge in [0, 0.05) is 19.4 Å². The van der Waals surface area contributed by atoms with Crippen LogP contribution in [0.2, 0.25) is 0 Å². The summed E-state index contributed by atoms with van der Waals surface area (Å²) in [4.78, 5) is 56.9. The Morgan fingerprint density at radius 3 is 1.76 bits per heavy atom. The summed E-state index contributed by atoms with van der Waals surface area (Å²) in [7, 11) is 0. The summed E-state index contributed by atoms with van der Waals surface area (Å²) < 4.78 is 11.2. The molecule has 0 saturated carbocycles. The molecule has 3 atom stereocenters. The third-order valence-electron chi connectivity index (χ3n) is 7.54. The lowest BCUT2D eigenvalue weighted by Gasteiger charge is -2.35. The number of esters is 1. The van der Waals surface area contributed by atoms with E-state index in [-0.39, 0.29) is 25.1 Å². The van der Waals surface area contributed by atoms with Crippen molar-refractivity contribution in [3.05, 3.63) is 101 Å². The van der Waals surface area contributed by atoms with Crippen molar-refractivity contribution in [2.75, 3.05) is 6.54 Å². The van der Waals surface area contributed by atoms with Gasteiger partial charge in [-0.15, -0.1) is 0 Å². The fourth-order valence-electron chi connectivity index (χ4n) is 5.26. The number of carbonyl (C=O) groups is 4. The van der Waals surface area contributed by atoms with Gasteiger partial charge in [-0.3, -0.25) is 9.59 Å². The molecular weight excluding hydrogens is 622 g/mol. The minimum Gasteiger partial charge on any atom is -0.508 e. The van der Waals surface area contributed by atoms with Crippen LogP contribution in [-0.4, -0.2) is 63.7 Å². The number of aryl methyl sites for hydroxylation is 1. The number of amides is 3. The fourth-order valence-corrected chi connectivity index (χ4v) is 5.26. The molecule has 0 radical (unpaired) electrons. The van der Waals surface area contributed by atoms with Gasteiger partial charge in [-0.2, -0.15) is 0 Å². The molecule has 3 amide bonds. The smallest absolute Gasteiger partial charge is 0.408 e. The highest BCUT2D eigenvalue weighted by Gasteiger charge is 2.38. The Morgan fingerprint density at radius 2 is 1.22 bits per heavy atom. The fraction of sp³-hybridized carbons (Fsp3) is 0.436. The van der Waals surface area contributed by atoms with E-state index < -0.39 is 53.2 Å². The normalized spacial score (nSPS) is 13.4. The van der Waals surface area contributed by atoms with Gasteiger partial charge in [-0.05, 0) is 89.3 Å². The Bertz CT molecular complexity index is 1540. The Labute approximate surface area is 290 Å². The number of benzene rings is 3. The Hall–Kier alpha value is -4.86. The summed E-state index contributed by atoms with van der Waals surface area (Å²) in [5, 5.41) is 15.4. The molecule has 3 aromatic carbocycles. The summed E-state index contributed by atoms with van der Waals surface area (Å²) in [6, 6.07) is 19.7. The van der Waals surface area contributed by atoms with E-state index >= 15 is 0 Å². The second kappa shape index (κ2) is 17.0. The number of nitrogens with one attached hydrogen (secondary N) is 2. The molecule has 0 bridgehead atoms. The SMILES string of the molecule is CCc1ccc(C(C(=O)NC(Cc2ccccc2)C(=O)OC(C)(C)C)N(CC)C(=O)C(Cc2ccc(O)cc2)NC(=O)OC(C)(C)C)cc1. The molecule has 0 aromatic heterocycles. The van der Waals surface area contributed by atoms with Gasteiger partial charge in [0.2, 0.25) is 11.8 Å². The molecule has 0 aliphatic carbocycles. The van der Waals surface area contributed by atoms with Crippen LogP contribution in [0.1, 0.15) is 83.7 Å². The molecule has 3 aromatic rings. The van der Waals surface area contributed by atoms with E-state index in [1.165, 1.54) is 17.0 Å². The van der Waals surface area contributed by atoms with E-state index in [1.807, 2.05) is 49.4 Å². The first kappa shape index (κ1) is 38.6. The topological polar surface area (TPSA) is 134 Å². The summed E-state index contributed by atoms with van der Waals surface area (Å²) in [5.41, 5.74) is 1.45. The second-order valence-corrected chi connectivity index (χ2v) is 14.0. The molecule has 0 aliphatic rings. The van der Waals surface area contributed by atoms with Gasteiger partial charge in [-0.1, -0.05) is 73.7 Å². The number of likely N-dealkylation sites (N-methyl/N-ethyl adjacent to an activating group) is 1. The molecule has 0 spiro atoms. The van der Waals surface area contributed by atoms with Gasteiger partial charge < -0.3 is 30.1 Å². The maximum absolute atomic E-state index is 14.5. The number of carbonyl (C=O) groups excluding carboxylic acids is 4. The average Bonchev–Trinajstić information content (AvgIpc) is 3.02. The Balaban J connectivity index is 2.06. The molecule has 3 rings (SSSR count). The van der Waals surface area contributed by atoms with E-state index in [0.29, 0.717) is 11.1 Å². The number of phenols is 1. The van der Waals surface area contributed by atoms with Crippen LogP contribution in [0, 0.1) is 0 Å². The number of alkyl carbamates (subject to hydrolysis) is 1. The first-order valence-electron chi connectivity index (χ1n) is 16.7. The van der Waals surface area contributed by atoms with Crippen molar-refractivity contribution in [2.45, 2.75) is 104 Å².